The van der Waals surface area contributed by atoms with Crippen LogP contribution in [0.15, 0.2) is 30.3 Å². The summed E-state index contributed by atoms with van der Waals surface area (Å²) in [7, 11) is 0. The molecule has 156 valence electrons. The SMILES string of the molecule is CCNC(=O)NC(=O)[C@H](OC(=O)CN1C(=O)N[C@](C)(CC)C1=O)c1ccccc1. The van der Waals surface area contributed by atoms with E-state index in [-0.39, 0.29) is 0 Å². The van der Waals surface area contributed by atoms with Crippen molar-refractivity contribution >= 4 is 29.8 Å². The lowest BCUT2D eigenvalue weighted by Crippen LogP contribution is -2.44. The van der Waals surface area contributed by atoms with Gasteiger partial charge in [-0.25, -0.2) is 9.59 Å². The molecule has 0 saturated carbocycles. The van der Waals surface area contributed by atoms with Gasteiger partial charge >= 0.3 is 18.0 Å². The molecular formula is C19H24N4O6. The molecule has 3 N–H and O–H groups in total. The van der Waals surface area contributed by atoms with Gasteiger partial charge in [-0.2, -0.15) is 0 Å². The lowest BCUT2D eigenvalue weighted by atomic mass is 9.99. The van der Waals surface area contributed by atoms with Crippen molar-refractivity contribution in [1.82, 2.24) is 20.9 Å². The Hall–Kier alpha value is -3.43. The third-order valence-corrected chi connectivity index (χ3v) is 4.50. The number of carbonyl (C=O) groups is 5. The Balaban J connectivity index is 2.13. The smallest absolute Gasteiger partial charge is 0.327 e. The molecule has 0 aromatic heterocycles. The van der Waals surface area contributed by atoms with Crippen molar-refractivity contribution in [3.8, 4) is 0 Å². The van der Waals surface area contributed by atoms with E-state index < -0.39 is 48.0 Å². The maximum atomic E-state index is 12.5. The van der Waals surface area contributed by atoms with Crippen molar-refractivity contribution in [2.45, 2.75) is 38.8 Å². The zero-order chi connectivity index (χ0) is 21.6. The zero-order valence-corrected chi connectivity index (χ0v) is 16.5. The lowest BCUT2D eigenvalue weighted by Gasteiger charge is -2.20. The van der Waals surface area contributed by atoms with E-state index in [1.54, 1.807) is 51.1 Å². The van der Waals surface area contributed by atoms with Gasteiger partial charge in [0.25, 0.3) is 11.8 Å². The maximum absolute atomic E-state index is 12.5. The molecule has 10 heteroatoms. The topological polar surface area (TPSA) is 134 Å². The normalized spacial score (nSPS) is 19.3. The van der Waals surface area contributed by atoms with Crippen LogP contribution in [0.3, 0.4) is 0 Å². The summed E-state index contributed by atoms with van der Waals surface area (Å²) in [5.41, 5.74) is -0.760. The summed E-state index contributed by atoms with van der Waals surface area (Å²) in [4.78, 5) is 61.8. The van der Waals surface area contributed by atoms with E-state index in [0.717, 1.165) is 4.90 Å². The molecule has 1 heterocycles. The van der Waals surface area contributed by atoms with Crippen molar-refractivity contribution in [3.05, 3.63) is 35.9 Å². The molecular weight excluding hydrogens is 380 g/mol. The number of hydrogen-bond donors (Lipinski definition) is 3. The van der Waals surface area contributed by atoms with Gasteiger partial charge in [0.05, 0.1) is 0 Å². The number of ether oxygens (including phenoxy) is 1. The average Bonchev–Trinajstić information content (AvgIpc) is 2.90. The molecule has 2 atom stereocenters. The number of imide groups is 2. The summed E-state index contributed by atoms with van der Waals surface area (Å²) < 4.78 is 5.23. The van der Waals surface area contributed by atoms with Crippen molar-refractivity contribution in [1.29, 1.82) is 0 Å². The molecule has 10 nitrogen and oxygen atoms in total. The lowest BCUT2D eigenvalue weighted by molar-refractivity contribution is -0.157. The highest BCUT2D eigenvalue weighted by molar-refractivity contribution is 6.08. The van der Waals surface area contributed by atoms with Crippen LogP contribution >= 0.6 is 0 Å². The molecule has 29 heavy (non-hydrogen) atoms. The first-order chi connectivity index (χ1) is 13.7. The van der Waals surface area contributed by atoms with Crippen LogP contribution < -0.4 is 16.0 Å². The minimum absolute atomic E-state index is 0.303. The number of carbonyl (C=O) groups excluding carboxylic acids is 5. The summed E-state index contributed by atoms with van der Waals surface area (Å²) in [5, 5.41) is 7.03. The Bertz CT molecular complexity index is 812. The van der Waals surface area contributed by atoms with Gasteiger partial charge in [0.15, 0.2) is 0 Å². The predicted octanol–water partition coefficient (Wildman–Crippen LogP) is 0.837. The molecule has 1 fully saturated rings. The molecule has 0 radical (unpaired) electrons. The first-order valence-electron chi connectivity index (χ1n) is 9.19. The first kappa shape index (κ1) is 21.9. The molecule has 1 aromatic carbocycles. The van der Waals surface area contributed by atoms with Gasteiger partial charge < -0.3 is 15.4 Å². The summed E-state index contributed by atoms with van der Waals surface area (Å²) in [5.74, 6) is -2.37. The van der Waals surface area contributed by atoms with E-state index >= 15 is 0 Å². The van der Waals surface area contributed by atoms with Crippen LogP contribution in [-0.4, -0.2) is 53.4 Å². The van der Waals surface area contributed by atoms with Crippen LogP contribution in [0.25, 0.3) is 0 Å². The van der Waals surface area contributed by atoms with E-state index in [4.69, 9.17) is 4.74 Å². The highest BCUT2D eigenvalue weighted by Crippen LogP contribution is 2.22. The number of urea groups is 2. The van der Waals surface area contributed by atoms with Crippen LogP contribution in [0.1, 0.15) is 38.9 Å². The Morgan fingerprint density at radius 3 is 2.38 bits per heavy atom. The zero-order valence-electron chi connectivity index (χ0n) is 16.5. The predicted molar refractivity (Wildman–Crippen MR) is 101 cm³/mol. The molecule has 0 aliphatic carbocycles. The molecule has 6 amide bonds. The molecule has 0 spiro atoms. The second-order valence-electron chi connectivity index (χ2n) is 6.64. The first-order valence-corrected chi connectivity index (χ1v) is 9.19. The number of amides is 6. The maximum Gasteiger partial charge on any atom is 0.327 e. The standard InChI is InChI=1S/C19H24N4O6/c1-4-19(3)16(26)23(18(28)22-19)11-13(24)29-14(12-9-7-6-8-10-12)15(25)21-17(27)20-5-2/h6-10,14H,4-5,11H2,1-3H3,(H,22,28)(H2,20,21,25,27)/t14-,19-/m1/s1. The average molecular weight is 404 g/mol. The van der Waals surface area contributed by atoms with Crippen molar-refractivity contribution in [3.63, 3.8) is 0 Å². The highest BCUT2D eigenvalue weighted by atomic mass is 16.5. The minimum Gasteiger partial charge on any atom is -0.446 e. The number of hydrogen-bond acceptors (Lipinski definition) is 6. The van der Waals surface area contributed by atoms with Gasteiger partial charge in [0.1, 0.15) is 12.1 Å². The van der Waals surface area contributed by atoms with E-state index in [9.17, 15) is 24.0 Å². The van der Waals surface area contributed by atoms with Crippen LogP contribution in [0.4, 0.5) is 9.59 Å². The Kier molecular flexibility index (Phi) is 6.92. The Morgan fingerprint density at radius 1 is 1.17 bits per heavy atom. The largest absolute Gasteiger partial charge is 0.446 e. The molecule has 1 saturated heterocycles. The number of benzene rings is 1. The summed E-state index contributed by atoms with van der Waals surface area (Å²) >= 11 is 0. The van der Waals surface area contributed by atoms with Crippen LogP contribution in [-0.2, 0) is 19.1 Å². The summed E-state index contributed by atoms with van der Waals surface area (Å²) in [6, 6.07) is 6.65. The second-order valence-corrected chi connectivity index (χ2v) is 6.64. The minimum atomic E-state index is -1.43. The fourth-order valence-electron chi connectivity index (χ4n) is 2.71. The fourth-order valence-corrected chi connectivity index (χ4v) is 2.71. The third-order valence-electron chi connectivity index (χ3n) is 4.50. The third kappa shape index (κ3) is 5.09. The molecule has 0 bridgehead atoms. The highest BCUT2D eigenvalue weighted by Gasteiger charge is 2.47. The fraction of sp³-hybridized carbons (Fsp3) is 0.421. The number of esters is 1. The van der Waals surface area contributed by atoms with Gasteiger partial charge in [-0.3, -0.25) is 24.6 Å². The van der Waals surface area contributed by atoms with Crippen LogP contribution in [0.5, 0.6) is 0 Å². The van der Waals surface area contributed by atoms with Gasteiger partial charge in [-0.15, -0.1) is 0 Å². The molecule has 1 aliphatic rings. The number of rotatable bonds is 7. The Labute approximate surface area is 168 Å². The monoisotopic (exact) mass is 404 g/mol. The van der Waals surface area contributed by atoms with Gasteiger partial charge in [0.2, 0.25) is 6.10 Å². The van der Waals surface area contributed by atoms with Gasteiger partial charge in [-0.1, -0.05) is 37.3 Å². The van der Waals surface area contributed by atoms with Crippen LogP contribution in [0.2, 0.25) is 0 Å². The van der Waals surface area contributed by atoms with Gasteiger partial charge in [0, 0.05) is 12.1 Å². The number of nitrogens with zero attached hydrogens (tertiary/aromatic N) is 1. The second kappa shape index (κ2) is 9.18. The van der Waals surface area contributed by atoms with E-state index in [1.165, 1.54) is 0 Å². The molecule has 1 aromatic rings. The molecule has 0 unspecified atom stereocenters. The van der Waals surface area contributed by atoms with E-state index in [2.05, 4.69) is 16.0 Å². The summed E-state index contributed by atoms with van der Waals surface area (Å²) in [6.45, 7) is 4.62. The molecule has 2 rings (SSSR count). The van der Waals surface area contributed by atoms with Gasteiger partial charge in [-0.05, 0) is 20.3 Å². The van der Waals surface area contributed by atoms with E-state index in [1.807, 2.05) is 0 Å². The van der Waals surface area contributed by atoms with Crippen molar-refractivity contribution in [2.24, 2.45) is 0 Å². The van der Waals surface area contributed by atoms with Crippen molar-refractivity contribution in [2.75, 3.05) is 13.1 Å². The number of nitrogens with one attached hydrogen (secondary N) is 3. The summed E-state index contributed by atoms with van der Waals surface area (Å²) in [6.07, 6.45) is -1.07. The molecule has 1 aliphatic heterocycles. The van der Waals surface area contributed by atoms with E-state index in [0.29, 0.717) is 18.5 Å². The quantitative estimate of drug-likeness (QED) is 0.455. The van der Waals surface area contributed by atoms with Crippen molar-refractivity contribution < 1.29 is 28.7 Å². The van der Waals surface area contributed by atoms with Crippen LogP contribution in [0, 0.1) is 0 Å². The Morgan fingerprint density at radius 2 is 1.83 bits per heavy atom.